The zero-order chi connectivity index (χ0) is 35.9. The van der Waals surface area contributed by atoms with Crippen molar-refractivity contribution in [2.75, 3.05) is 11.5 Å². The van der Waals surface area contributed by atoms with Crippen LogP contribution in [0.2, 0.25) is 0 Å². The number of carbonyl (C=O) groups excluding carboxylic acids is 2. The first-order valence-corrected chi connectivity index (χ1v) is 19.4. The summed E-state index contributed by atoms with van der Waals surface area (Å²) in [6.07, 6.45) is 13.4. The fraction of sp³-hybridized carbons (Fsp3) is 0.674. The molecule has 10 unspecified atom stereocenters. The SMILES string of the molecule is CC.CC(C)CCCC(C)C1CCC2C3CC(OC(=O)c4ccc(N)cc4)C4CC(O)CCC4(C)C3CCC12C.Nc1ccc(C=O)cc1. The Morgan fingerprint density at radius 3 is 2.04 bits per heavy atom. The molecule has 4 aliphatic carbocycles. The summed E-state index contributed by atoms with van der Waals surface area (Å²) in [4.78, 5) is 23.4. The standard InChI is InChI=1S/C34H53NO3.C7H7NO.C2H6/c1-21(2)7-6-8-22(3)27-13-14-28-26-20-31(38-32(37)23-9-11-24(35)12-10-23)30-19-25(36)15-17-34(30,5)29(26)16-18-33(27,28)4;8-7-3-1-6(5-9)2-4-7;1-2/h9-12,21-22,25-31,36H,6-8,13-20,35H2,1-5H3;1-5H,8H2;1-2H3. The quantitative estimate of drug-likeness (QED) is 0.146. The minimum atomic E-state index is -0.279. The lowest BCUT2D eigenvalue weighted by molar-refractivity contribution is -0.173. The van der Waals surface area contributed by atoms with Crippen molar-refractivity contribution in [2.45, 2.75) is 131 Å². The van der Waals surface area contributed by atoms with Gasteiger partial charge in [-0.25, -0.2) is 4.79 Å². The van der Waals surface area contributed by atoms with E-state index in [0.29, 0.717) is 39.8 Å². The first-order chi connectivity index (χ1) is 23.4. The van der Waals surface area contributed by atoms with Gasteiger partial charge in [-0.15, -0.1) is 0 Å². The predicted octanol–water partition coefficient (Wildman–Crippen LogP) is 9.99. The summed E-state index contributed by atoms with van der Waals surface area (Å²) in [6.45, 7) is 16.3. The molecule has 0 aliphatic heterocycles. The van der Waals surface area contributed by atoms with E-state index in [0.717, 1.165) is 55.6 Å². The van der Waals surface area contributed by atoms with E-state index in [9.17, 15) is 14.7 Å². The zero-order valence-corrected chi connectivity index (χ0v) is 31.5. The Hall–Kier alpha value is -2.86. The van der Waals surface area contributed by atoms with Crippen LogP contribution in [0, 0.1) is 52.3 Å². The highest BCUT2D eigenvalue weighted by atomic mass is 16.5. The molecular weight excluding hydrogens is 608 g/mol. The number of aliphatic hydroxyl groups is 1. The van der Waals surface area contributed by atoms with Crippen LogP contribution >= 0.6 is 0 Å². The molecule has 2 aromatic carbocycles. The minimum Gasteiger partial charge on any atom is -0.458 e. The summed E-state index contributed by atoms with van der Waals surface area (Å²) in [5, 5.41) is 10.7. The van der Waals surface area contributed by atoms with Gasteiger partial charge in [-0.1, -0.05) is 67.7 Å². The molecule has 0 aromatic heterocycles. The lowest BCUT2D eigenvalue weighted by Gasteiger charge is -2.62. The first-order valence-electron chi connectivity index (χ1n) is 19.4. The van der Waals surface area contributed by atoms with E-state index >= 15 is 0 Å². The molecule has 5 N–H and O–H groups in total. The van der Waals surface area contributed by atoms with Crippen LogP contribution in [0.4, 0.5) is 11.4 Å². The molecule has 4 fully saturated rings. The Bertz CT molecular complexity index is 1340. The van der Waals surface area contributed by atoms with E-state index in [1.165, 1.54) is 44.9 Å². The number of carbonyl (C=O) groups is 2. The maximum absolute atomic E-state index is 13.3. The van der Waals surface area contributed by atoms with Gasteiger partial charge in [0.2, 0.25) is 0 Å². The molecule has 6 nitrogen and oxygen atoms in total. The van der Waals surface area contributed by atoms with Gasteiger partial charge in [0, 0.05) is 22.9 Å². The van der Waals surface area contributed by atoms with Crippen LogP contribution in [0.3, 0.4) is 0 Å². The number of fused-ring (bicyclic) bond motifs is 5. The smallest absolute Gasteiger partial charge is 0.338 e. The molecule has 0 spiro atoms. The Kier molecular flexibility index (Phi) is 13.4. The van der Waals surface area contributed by atoms with Crippen LogP contribution in [-0.4, -0.2) is 29.6 Å². The molecule has 0 amide bonds. The van der Waals surface area contributed by atoms with Crippen LogP contribution in [0.5, 0.6) is 0 Å². The molecule has 6 rings (SSSR count). The van der Waals surface area contributed by atoms with Gasteiger partial charge in [0.15, 0.2) is 0 Å². The van der Waals surface area contributed by atoms with Gasteiger partial charge in [0.1, 0.15) is 12.4 Å². The van der Waals surface area contributed by atoms with Crippen LogP contribution in [0.15, 0.2) is 48.5 Å². The molecule has 10 atom stereocenters. The topological polar surface area (TPSA) is 116 Å². The summed E-state index contributed by atoms with van der Waals surface area (Å²) < 4.78 is 6.39. The average molecular weight is 675 g/mol. The number of nitrogens with two attached hydrogens (primary N) is 2. The molecule has 6 heteroatoms. The van der Waals surface area contributed by atoms with Crippen molar-refractivity contribution in [1.29, 1.82) is 0 Å². The number of aliphatic hydroxyl groups excluding tert-OH is 1. The van der Waals surface area contributed by atoms with Gasteiger partial charge in [0.05, 0.1) is 11.7 Å². The van der Waals surface area contributed by atoms with Crippen molar-refractivity contribution < 1.29 is 19.4 Å². The molecule has 0 saturated heterocycles. The maximum atomic E-state index is 13.3. The second-order valence-corrected chi connectivity index (χ2v) is 16.5. The van der Waals surface area contributed by atoms with Gasteiger partial charge in [0.25, 0.3) is 0 Å². The van der Waals surface area contributed by atoms with E-state index in [1.54, 1.807) is 48.5 Å². The number of hydrogen-bond donors (Lipinski definition) is 3. The van der Waals surface area contributed by atoms with Crippen LogP contribution in [-0.2, 0) is 4.74 Å². The second kappa shape index (κ2) is 16.9. The number of hydrogen-bond acceptors (Lipinski definition) is 6. The molecule has 0 bridgehead atoms. The monoisotopic (exact) mass is 675 g/mol. The van der Waals surface area contributed by atoms with Gasteiger partial charge < -0.3 is 21.3 Å². The van der Waals surface area contributed by atoms with Crippen LogP contribution < -0.4 is 11.5 Å². The Morgan fingerprint density at radius 2 is 1.43 bits per heavy atom. The number of nitrogen functional groups attached to an aromatic ring is 2. The molecule has 272 valence electrons. The third kappa shape index (κ3) is 8.72. The summed E-state index contributed by atoms with van der Waals surface area (Å²) in [5.74, 6) is 4.41. The highest BCUT2D eigenvalue weighted by Gasteiger charge is 2.63. The Balaban J connectivity index is 0.000000423. The van der Waals surface area contributed by atoms with E-state index in [2.05, 4.69) is 34.6 Å². The van der Waals surface area contributed by atoms with Crippen molar-refractivity contribution in [1.82, 2.24) is 0 Å². The normalized spacial score (nSPS) is 33.7. The van der Waals surface area contributed by atoms with Crippen molar-refractivity contribution >= 4 is 23.6 Å². The van der Waals surface area contributed by atoms with E-state index in [1.807, 2.05) is 13.8 Å². The Labute approximate surface area is 297 Å². The summed E-state index contributed by atoms with van der Waals surface area (Å²) >= 11 is 0. The third-order valence-corrected chi connectivity index (χ3v) is 13.3. The summed E-state index contributed by atoms with van der Waals surface area (Å²) in [5.41, 5.74) is 14.3. The first kappa shape index (κ1) is 38.9. The maximum Gasteiger partial charge on any atom is 0.338 e. The third-order valence-electron chi connectivity index (χ3n) is 13.3. The fourth-order valence-electron chi connectivity index (χ4n) is 10.8. The lowest BCUT2D eigenvalue weighted by atomic mass is 9.43. The molecular formula is C43H66N2O4. The van der Waals surface area contributed by atoms with Crippen molar-refractivity contribution in [2.24, 2.45) is 52.3 Å². The Morgan fingerprint density at radius 1 is 0.837 bits per heavy atom. The van der Waals surface area contributed by atoms with E-state index < -0.39 is 0 Å². The van der Waals surface area contributed by atoms with Crippen LogP contribution in [0.25, 0.3) is 0 Å². The van der Waals surface area contributed by atoms with Gasteiger partial charge in [-0.05, 0) is 146 Å². The van der Waals surface area contributed by atoms with Gasteiger partial charge >= 0.3 is 5.97 Å². The molecule has 49 heavy (non-hydrogen) atoms. The number of aldehydes is 1. The number of anilines is 2. The highest BCUT2D eigenvalue weighted by molar-refractivity contribution is 5.89. The van der Waals surface area contributed by atoms with Crippen molar-refractivity contribution in [3.63, 3.8) is 0 Å². The van der Waals surface area contributed by atoms with E-state index in [-0.39, 0.29) is 29.5 Å². The largest absolute Gasteiger partial charge is 0.458 e. The average Bonchev–Trinajstić information content (AvgIpc) is 3.44. The van der Waals surface area contributed by atoms with Gasteiger partial charge in [-0.3, -0.25) is 4.79 Å². The molecule has 0 radical (unpaired) electrons. The highest BCUT2D eigenvalue weighted by Crippen LogP contribution is 2.68. The minimum absolute atomic E-state index is 0.119. The fourth-order valence-corrected chi connectivity index (χ4v) is 10.8. The van der Waals surface area contributed by atoms with E-state index in [4.69, 9.17) is 16.2 Å². The summed E-state index contributed by atoms with van der Waals surface area (Å²) in [7, 11) is 0. The number of esters is 1. The number of benzene rings is 2. The molecule has 2 aromatic rings. The van der Waals surface area contributed by atoms with Crippen LogP contribution in [0.1, 0.15) is 140 Å². The predicted molar refractivity (Wildman–Crippen MR) is 202 cm³/mol. The van der Waals surface area contributed by atoms with Gasteiger partial charge in [-0.2, -0.15) is 0 Å². The number of ether oxygens (including phenoxy) is 1. The second-order valence-electron chi connectivity index (χ2n) is 16.5. The van der Waals surface area contributed by atoms with Crippen molar-refractivity contribution in [3.8, 4) is 0 Å². The number of rotatable bonds is 8. The molecule has 4 saturated carbocycles. The lowest BCUT2D eigenvalue weighted by Crippen LogP contribution is -2.59. The molecule has 0 heterocycles. The van der Waals surface area contributed by atoms with Crippen molar-refractivity contribution in [3.05, 3.63) is 59.7 Å². The summed E-state index contributed by atoms with van der Waals surface area (Å²) in [6, 6.07) is 13.9. The molecule has 4 aliphatic rings. The zero-order valence-electron chi connectivity index (χ0n) is 31.5.